The molecule has 162 valence electrons. The highest BCUT2D eigenvalue weighted by molar-refractivity contribution is 6.29. The molecule has 0 radical (unpaired) electrons. The number of carbonyl (C=O) groups is 1. The van der Waals surface area contributed by atoms with E-state index in [1.54, 1.807) is 18.2 Å². The number of pyridine rings is 1. The number of hydrogen-bond donors (Lipinski definition) is 2. The Labute approximate surface area is 176 Å². The molecule has 1 amide bonds. The normalized spacial score (nSPS) is 15.1. The van der Waals surface area contributed by atoms with Crippen molar-refractivity contribution >= 4 is 17.5 Å². The first-order valence-corrected chi connectivity index (χ1v) is 9.90. The van der Waals surface area contributed by atoms with Crippen LogP contribution in [0.2, 0.25) is 5.15 Å². The highest BCUT2D eigenvalue weighted by atomic mass is 35.5. The third-order valence-corrected chi connectivity index (χ3v) is 4.92. The molecule has 1 saturated carbocycles. The van der Waals surface area contributed by atoms with Gasteiger partial charge in [0, 0.05) is 11.8 Å². The summed E-state index contributed by atoms with van der Waals surface area (Å²) in [5, 5.41) is 7.82. The Kier molecular flexibility index (Phi) is 7.43. The van der Waals surface area contributed by atoms with Crippen LogP contribution in [0.3, 0.4) is 0 Å². The van der Waals surface area contributed by atoms with Gasteiger partial charge in [-0.2, -0.15) is 18.3 Å². The number of nitrogens with zero attached hydrogens (tertiary/aromatic N) is 3. The zero-order chi connectivity index (χ0) is 21.6. The van der Waals surface area contributed by atoms with Gasteiger partial charge < -0.3 is 4.74 Å². The van der Waals surface area contributed by atoms with E-state index < -0.39 is 18.7 Å². The number of ether oxygens (including phenoxy) is 1. The fourth-order valence-corrected chi connectivity index (χ4v) is 3.40. The van der Waals surface area contributed by atoms with Crippen molar-refractivity contribution in [1.82, 2.24) is 26.0 Å². The highest BCUT2D eigenvalue weighted by Crippen LogP contribution is 2.37. The first kappa shape index (κ1) is 22.2. The van der Waals surface area contributed by atoms with Crippen LogP contribution >= 0.6 is 11.6 Å². The van der Waals surface area contributed by atoms with Crippen LogP contribution in [0.1, 0.15) is 59.6 Å². The highest BCUT2D eigenvalue weighted by Gasteiger charge is 2.30. The maximum absolute atomic E-state index is 12.6. The van der Waals surface area contributed by atoms with Crippen molar-refractivity contribution in [2.75, 3.05) is 6.61 Å². The zero-order valence-electron chi connectivity index (χ0n) is 16.0. The smallest absolute Gasteiger partial charge is 0.422 e. The SMILES string of the molecule is O=C(NNCc1ccc(Cl)nn1)c1cnc(OCC(F)(F)F)c(C2CCCCC2)c1. The van der Waals surface area contributed by atoms with E-state index in [-0.39, 0.29) is 29.1 Å². The van der Waals surface area contributed by atoms with Crippen molar-refractivity contribution in [3.63, 3.8) is 0 Å². The van der Waals surface area contributed by atoms with Crippen molar-refractivity contribution in [2.24, 2.45) is 0 Å². The first-order chi connectivity index (χ1) is 14.3. The number of nitrogens with one attached hydrogen (secondary N) is 2. The molecule has 0 saturated heterocycles. The Morgan fingerprint density at radius 2 is 1.97 bits per heavy atom. The van der Waals surface area contributed by atoms with E-state index in [0.29, 0.717) is 11.3 Å². The average Bonchev–Trinajstić information content (AvgIpc) is 2.73. The standard InChI is InChI=1S/C19H21ClF3N5O2/c20-16-7-6-14(26-27-16)10-25-28-17(29)13-8-15(12-4-2-1-3-5-12)18(24-9-13)30-11-19(21,22)23/h6-9,12,25H,1-5,10-11H2,(H,28,29). The molecule has 2 heterocycles. The fourth-order valence-electron chi connectivity index (χ4n) is 3.30. The lowest BCUT2D eigenvalue weighted by Gasteiger charge is -2.24. The van der Waals surface area contributed by atoms with Gasteiger partial charge in [-0.25, -0.2) is 10.4 Å². The molecule has 2 aromatic rings. The quantitative estimate of drug-likeness (QED) is 0.630. The number of rotatable bonds is 7. The second-order valence-electron chi connectivity index (χ2n) is 7.01. The molecule has 0 spiro atoms. The molecule has 0 bridgehead atoms. The molecular formula is C19H21ClF3N5O2. The van der Waals surface area contributed by atoms with Crippen LogP contribution < -0.4 is 15.6 Å². The van der Waals surface area contributed by atoms with E-state index >= 15 is 0 Å². The topological polar surface area (TPSA) is 89.0 Å². The average molecular weight is 444 g/mol. The van der Waals surface area contributed by atoms with E-state index in [2.05, 4.69) is 26.0 Å². The molecule has 1 aliphatic rings. The van der Waals surface area contributed by atoms with E-state index in [0.717, 1.165) is 32.1 Å². The summed E-state index contributed by atoms with van der Waals surface area (Å²) in [6.07, 6.45) is 1.42. The zero-order valence-corrected chi connectivity index (χ0v) is 16.8. The Morgan fingerprint density at radius 3 is 2.63 bits per heavy atom. The summed E-state index contributed by atoms with van der Waals surface area (Å²) < 4.78 is 42.7. The molecule has 3 rings (SSSR count). The van der Waals surface area contributed by atoms with Crippen LogP contribution in [0.5, 0.6) is 5.88 Å². The van der Waals surface area contributed by atoms with Crippen LogP contribution in [-0.4, -0.2) is 33.9 Å². The Hall–Kier alpha value is -2.46. The molecular weight excluding hydrogens is 423 g/mol. The van der Waals surface area contributed by atoms with Crippen molar-refractivity contribution in [3.8, 4) is 5.88 Å². The van der Waals surface area contributed by atoms with Crippen molar-refractivity contribution in [1.29, 1.82) is 0 Å². The van der Waals surface area contributed by atoms with Gasteiger partial charge in [-0.3, -0.25) is 10.2 Å². The number of aromatic nitrogens is 3. The lowest BCUT2D eigenvalue weighted by atomic mass is 9.84. The molecule has 1 aliphatic carbocycles. The van der Waals surface area contributed by atoms with Gasteiger partial charge in [-0.15, -0.1) is 5.10 Å². The molecule has 0 atom stereocenters. The van der Waals surface area contributed by atoms with Gasteiger partial charge in [-0.1, -0.05) is 30.9 Å². The Morgan fingerprint density at radius 1 is 1.20 bits per heavy atom. The summed E-state index contributed by atoms with van der Waals surface area (Å²) in [7, 11) is 0. The lowest BCUT2D eigenvalue weighted by Crippen LogP contribution is -2.37. The monoisotopic (exact) mass is 443 g/mol. The van der Waals surface area contributed by atoms with Crippen molar-refractivity contribution in [2.45, 2.75) is 50.7 Å². The van der Waals surface area contributed by atoms with Gasteiger partial charge in [-0.05, 0) is 37.0 Å². The summed E-state index contributed by atoms with van der Waals surface area (Å²) in [5.74, 6) is -0.524. The number of amides is 1. The molecule has 1 fully saturated rings. The minimum atomic E-state index is -4.46. The second kappa shape index (κ2) is 10.0. The lowest BCUT2D eigenvalue weighted by molar-refractivity contribution is -0.154. The summed E-state index contributed by atoms with van der Waals surface area (Å²) in [4.78, 5) is 16.5. The summed E-state index contributed by atoms with van der Waals surface area (Å²) in [6, 6.07) is 4.80. The minimum Gasteiger partial charge on any atom is -0.468 e. The number of hydrogen-bond acceptors (Lipinski definition) is 6. The number of carbonyl (C=O) groups excluding carboxylic acids is 1. The maximum Gasteiger partial charge on any atom is 0.422 e. The second-order valence-corrected chi connectivity index (χ2v) is 7.40. The van der Waals surface area contributed by atoms with Gasteiger partial charge in [0.25, 0.3) is 5.91 Å². The van der Waals surface area contributed by atoms with Crippen molar-refractivity contribution in [3.05, 3.63) is 46.4 Å². The Bertz CT molecular complexity index is 858. The van der Waals surface area contributed by atoms with Crippen LogP contribution in [0.4, 0.5) is 13.2 Å². The number of hydrazine groups is 1. The van der Waals surface area contributed by atoms with Crippen LogP contribution in [0.15, 0.2) is 24.4 Å². The van der Waals surface area contributed by atoms with E-state index in [9.17, 15) is 18.0 Å². The molecule has 2 N–H and O–H groups in total. The molecule has 2 aromatic heterocycles. The fraction of sp³-hybridized carbons (Fsp3) is 0.474. The van der Waals surface area contributed by atoms with Crippen LogP contribution in [0.25, 0.3) is 0 Å². The predicted molar refractivity (Wildman–Crippen MR) is 103 cm³/mol. The summed E-state index contributed by atoms with van der Waals surface area (Å²) in [6.45, 7) is -1.21. The van der Waals surface area contributed by atoms with E-state index in [1.807, 2.05) is 0 Å². The minimum absolute atomic E-state index is 0.0135. The first-order valence-electron chi connectivity index (χ1n) is 9.52. The Balaban J connectivity index is 1.68. The number of alkyl halides is 3. The van der Waals surface area contributed by atoms with Gasteiger partial charge in [0.1, 0.15) is 0 Å². The predicted octanol–water partition coefficient (Wildman–Crippen LogP) is 3.95. The van der Waals surface area contributed by atoms with Crippen molar-refractivity contribution < 1.29 is 22.7 Å². The third kappa shape index (κ3) is 6.53. The molecule has 0 unspecified atom stereocenters. The molecule has 11 heteroatoms. The van der Waals surface area contributed by atoms with E-state index in [4.69, 9.17) is 16.3 Å². The summed E-state index contributed by atoms with van der Waals surface area (Å²) >= 11 is 5.67. The molecule has 7 nitrogen and oxygen atoms in total. The molecule has 0 aliphatic heterocycles. The largest absolute Gasteiger partial charge is 0.468 e. The number of halogens is 4. The molecule has 0 aromatic carbocycles. The van der Waals surface area contributed by atoms with Crippen LogP contribution in [0, 0.1) is 0 Å². The van der Waals surface area contributed by atoms with E-state index in [1.165, 1.54) is 6.20 Å². The maximum atomic E-state index is 12.6. The van der Waals surface area contributed by atoms with Gasteiger partial charge in [0.05, 0.1) is 17.8 Å². The molecule has 30 heavy (non-hydrogen) atoms. The van der Waals surface area contributed by atoms with Crippen LogP contribution in [-0.2, 0) is 6.54 Å². The third-order valence-electron chi connectivity index (χ3n) is 4.72. The van der Waals surface area contributed by atoms with Gasteiger partial charge >= 0.3 is 6.18 Å². The summed E-state index contributed by atoms with van der Waals surface area (Å²) in [5.41, 5.74) is 6.57. The van der Waals surface area contributed by atoms with Gasteiger partial charge in [0.15, 0.2) is 11.8 Å². The van der Waals surface area contributed by atoms with Gasteiger partial charge in [0.2, 0.25) is 5.88 Å².